The van der Waals surface area contributed by atoms with E-state index in [-0.39, 0.29) is 23.0 Å². The summed E-state index contributed by atoms with van der Waals surface area (Å²) in [5, 5.41) is 0. The van der Waals surface area contributed by atoms with Crippen molar-refractivity contribution in [2.24, 2.45) is 11.8 Å². The van der Waals surface area contributed by atoms with Crippen LogP contribution in [-0.4, -0.2) is 5.78 Å². The fourth-order valence-electron chi connectivity index (χ4n) is 6.30. The standard InChI is InChI=1S/C33H24Br2F4O/c34-19-11-7-17(8-12-19)21-15-23(21)29(31-25(36)3-1-4-26(31)37)33(40)30(32-27(38)5-2-6-28(32)39)24-16-22(24)18-9-13-20(35)14-10-18/h1-14,21-24,29-30H,15-16H2. The highest BCUT2D eigenvalue weighted by Crippen LogP contribution is 2.61. The van der Waals surface area contributed by atoms with E-state index in [1.165, 1.54) is 12.1 Å². The van der Waals surface area contributed by atoms with Crippen molar-refractivity contribution in [2.45, 2.75) is 36.5 Å². The minimum Gasteiger partial charge on any atom is -0.298 e. The van der Waals surface area contributed by atoms with Gasteiger partial charge >= 0.3 is 0 Å². The van der Waals surface area contributed by atoms with E-state index in [9.17, 15) is 4.79 Å². The van der Waals surface area contributed by atoms with Crippen molar-refractivity contribution in [2.75, 3.05) is 0 Å². The van der Waals surface area contributed by atoms with Crippen LogP contribution >= 0.6 is 31.9 Å². The van der Waals surface area contributed by atoms with Gasteiger partial charge in [0.25, 0.3) is 0 Å². The van der Waals surface area contributed by atoms with E-state index in [2.05, 4.69) is 31.9 Å². The highest BCUT2D eigenvalue weighted by atomic mass is 79.9. The lowest BCUT2D eigenvalue weighted by Crippen LogP contribution is -2.27. The van der Waals surface area contributed by atoms with E-state index in [4.69, 9.17) is 0 Å². The van der Waals surface area contributed by atoms with Crippen molar-refractivity contribution in [1.29, 1.82) is 0 Å². The normalized spacial score (nSPS) is 22.9. The van der Waals surface area contributed by atoms with Crippen LogP contribution in [0.25, 0.3) is 0 Å². The van der Waals surface area contributed by atoms with Gasteiger partial charge in [0.15, 0.2) is 0 Å². The Labute approximate surface area is 246 Å². The van der Waals surface area contributed by atoms with Crippen LogP contribution in [0.5, 0.6) is 0 Å². The maximum Gasteiger partial charge on any atom is 0.148 e. The summed E-state index contributed by atoms with van der Waals surface area (Å²) in [7, 11) is 0. The van der Waals surface area contributed by atoms with Gasteiger partial charge in [-0.3, -0.25) is 4.79 Å². The van der Waals surface area contributed by atoms with E-state index in [0.717, 1.165) is 44.3 Å². The largest absolute Gasteiger partial charge is 0.298 e. The molecule has 0 heterocycles. The number of rotatable bonds is 8. The van der Waals surface area contributed by atoms with Gasteiger partial charge in [-0.1, -0.05) is 68.3 Å². The topological polar surface area (TPSA) is 17.1 Å². The molecule has 0 spiro atoms. The molecule has 0 radical (unpaired) electrons. The predicted molar refractivity (Wildman–Crippen MR) is 153 cm³/mol. The zero-order valence-corrected chi connectivity index (χ0v) is 24.3. The van der Waals surface area contributed by atoms with Crippen LogP contribution in [0, 0.1) is 35.1 Å². The van der Waals surface area contributed by atoms with E-state index in [1.807, 2.05) is 48.5 Å². The van der Waals surface area contributed by atoms with Gasteiger partial charge in [0, 0.05) is 20.1 Å². The van der Waals surface area contributed by atoms with Crippen LogP contribution in [0.3, 0.4) is 0 Å². The molecule has 4 aromatic carbocycles. The second-order valence-electron chi connectivity index (χ2n) is 10.7. The predicted octanol–water partition coefficient (Wildman–Crippen LogP) is 9.81. The number of ketones is 1. The van der Waals surface area contributed by atoms with Crippen molar-refractivity contribution in [3.05, 3.63) is 139 Å². The molecule has 2 aliphatic carbocycles. The first kappa shape index (κ1) is 27.4. The Morgan fingerprint density at radius 2 is 0.900 bits per heavy atom. The number of halogens is 6. The summed E-state index contributed by atoms with van der Waals surface area (Å²) in [4.78, 5) is 14.6. The molecule has 4 aromatic rings. The van der Waals surface area contributed by atoms with Crippen molar-refractivity contribution < 1.29 is 22.4 Å². The molecule has 2 fully saturated rings. The molecule has 2 saturated carbocycles. The zero-order chi connectivity index (χ0) is 28.1. The van der Waals surface area contributed by atoms with Crippen molar-refractivity contribution >= 4 is 37.6 Å². The molecule has 6 atom stereocenters. The molecule has 0 aliphatic heterocycles. The number of hydrogen-bond acceptors (Lipinski definition) is 1. The maximum absolute atomic E-state index is 15.3. The van der Waals surface area contributed by atoms with Gasteiger partial charge in [-0.15, -0.1) is 0 Å². The van der Waals surface area contributed by atoms with Gasteiger partial charge in [-0.2, -0.15) is 0 Å². The first-order chi connectivity index (χ1) is 19.2. The number of carbonyl (C=O) groups is 1. The third-order valence-corrected chi connectivity index (χ3v) is 9.42. The number of Topliss-reactive ketones (excluding diaryl/α,β-unsaturated/α-hetero) is 1. The van der Waals surface area contributed by atoms with Crippen molar-refractivity contribution in [3.8, 4) is 0 Å². The smallest absolute Gasteiger partial charge is 0.148 e. The minimum absolute atomic E-state index is 0.103. The monoisotopic (exact) mass is 670 g/mol. The second kappa shape index (κ2) is 10.9. The molecule has 7 heteroatoms. The van der Waals surface area contributed by atoms with Gasteiger partial charge in [0.2, 0.25) is 0 Å². The Balaban J connectivity index is 1.44. The SMILES string of the molecule is O=C(C(c1c(F)cccc1F)C1CC1c1ccc(Br)cc1)C(c1c(F)cccc1F)C1CC1c1ccc(Br)cc1. The Hall–Kier alpha value is -2.77. The van der Waals surface area contributed by atoms with Gasteiger partial charge in [0.1, 0.15) is 29.1 Å². The van der Waals surface area contributed by atoms with Crippen LogP contribution in [0.2, 0.25) is 0 Å². The summed E-state index contributed by atoms with van der Waals surface area (Å²) < 4.78 is 63.0. The lowest BCUT2D eigenvalue weighted by atomic mass is 9.76. The molecule has 0 saturated heterocycles. The summed E-state index contributed by atoms with van der Waals surface area (Å²) >= 11 is 6.84. The molecule has 0 N–H and O–H groups in total. The van der Waals surface area contributed by atoms with E-state index in [1.54, 1.807) is 0 Å². The van der Waals surface area contributed by atoms with Crippen molar-refractivity contribution in [1.82, 2.24) is 0 Å². The van der Waals surface area contributed by atoms with E-state index < -0.39 is 52.7 Å². The number of hydrogen-bond donors (Lipinski definition) is 0. The lowest BCUT2D eigenvalue weighted by molar-refractivity contribution is -0.123. The third kappa shape index (κ3) is 5.18. The fraction of sp³-hybridized carbons (Fsp3) is 0.242. The molecular weight excluding hydrogens is 648 g/mol. The zero-order valence-electron chi connectivity index (χ0n) is 21.1. The maximum atomic E-state index is 15.3. The third-order valence-electron chi connectivity index (χ3n) is 8.37. The van der Waals surface area contributed by atoms with Gasteiger partial charge in [0.05, 0.1) is 11.8 Å². The molecule has 0 bridgehead atoms. The average Bonchev–Trinajstić information content (AvgIpc) is 3.85. The Kier molecular flexibility index (Phi) is 7.47. The molecule has 1 nitrogen and oxygen atoms in total. The number of benzene rings is 4. The lowest BCUT2D eigenvalue weighted by Gasteiger charge is -2.25. The number of carbonyl (C=O) groups excluding carboxylic acids is 1. The quantitative estimate of drug-likeness (QED) is 0.171. The van der Waals surface area contributed by atoms with Gasteiger partial charge in [-0.25, -0.2) is 17.6 Å². The van der Waals surface area contributed by atoms with E-state index >= 15 is 17.6 Å². The first-order valence-corrected chi connectivity index (χ1v) is 14.8. The molecule has 0 amide bonds. The van der Waals surface area contributed by atoms with Crippen LogP contribution in [0.4, 0.5) is 17.6 Å². The second-order valence-corrected chi connectivity index (χ2v) is 12.6. The van der Waals surface area contributed by atoms with Crippen LogP contribution in [-0.2, 0) is 4.79 Å². The highest BCUT2D eigenvalue weighted by Gasteiger charge is 2.55. The molecule has 40 heavy (non-hydrogen) atoms. The Bertz CT molecular complexity index is 1410. The van der Waals surface area contributed by atoms with Crippen LogP contribution in [0.15, 0.2) is 93.9 Å². The fourth-order valence-corrected chi connectivity index (χ4v) is 6.82. The summed E-state index contributed by atoms with van der Waals surface area (Å²) in [6.07, 6.45) is 1.08. The molecule has 2 aliphatic rings. The minimum atomic E-state index is -1.19. The Morgan fingerprint density at radius 1 is 0.575 bits per heavy atom. The molecule has 0 aromatic heterocycles. The first-order valence-electron chi connectivity index (χ1n) is 13.2. The van der Waals surface area contributed by atoms with Crippen LogP contribution in [0.1, 0.15) is 58.8 Å². The molecule has 204 valence electrons. The summed E-state index contributed by atoms with van der Waals surface area (Å²) in [6, 6.07) is 22.3. The molecule has 6 unspecified atom stereocenters. The summed E-state index contributed by atoms with van der Waals surface area (Å²) in [5.74, 6) is -7.23. The molecule has 6 rings (SSSR count). The van der Waals surface area contributed by atoms with Gasteiger partial charge < -0.3 is 0 Å². The summed E-state index contributed by atoms with van der Waals surface area (Å²) in [6.45, 7) is 0. The molecular formula is C33H24Br2F4O. The summed E-state index contributed by atoms with van der Waals surface area (Å²) in [5.41, 5.74) is 1.27. The van der Waals surface area contributed by atoms with Gasteiger partial charge in [-0.05, 0) is 96.2 Å². The Morgan fingerprint density at radius 3 is 1.23 bits per heavy atom. The van der Waals surface area contributed by atoms with Crippen molar-refractivity contribution in [3.63, 3.8) is 0 Å². The average molecular weight is 672 g/mol. The van der Waals surface area contributed by atoms with E-state index in [0.29, 0.717) is 12.8 Å². The highest BCUT2D eigenvalue weighted by molar-refractivity contribution is 9.10. The van der Waals surface area contributed by atoms with Crippen LogP contribution < -0.4 is 0 Å².